The second-order valence-electron chi connectivity index (χ2n) is 5.89. The molecule has 0 saturated heterocycles. The summed E-state index contributed by atoms with van der Waals surface area (Å²) in [6.45, 7) is 3.07. The third-order valence-electron chi connectivity index (χ3n) is 3.74. The van der Waals surface area contributed by atoms with Gasteiger partial charge in [0.05, 0.1) is 11.6 Å². The molecule has 0 aliphatic carbocycles. The van der Waals surface area contributed by atoms with Crippen LogP contribution in [0.5, 0.6) is 0 Å². The minimum absolute atomic E-state index is 0.118. The predicted octanol–water partition coefficient (Wildman–Crippen LogP) is 2.90. The second kappa shape index (κ2) is 9.15. The number of hydrogen-bond donors (Lipinski definition) is 2. The SMILES string of the molecule is CC(=O)Nc1ccc(NC(=O)CCN(C(C)=O)c2ccc(C#N)cc2)cc1. The van der Waals surface area contributed by atoms with Crippen LogP contribution in [0.15, 0.2) is 48.5 Å². The van der Waals surface area contributed by atoms with Crippen LogP contribution < -0.4 is 15.5 Å². The van der Waals surface area contributed by atoms with E-state index in [9.17, 15) is 14.4 Å². The van der Waals surface area contributed by atoms with Gasteiger partial charge in [-0.15, -0.1) is 0 Å². The normalized spacial score (nSPS) is 9.81. The smallest absolute Gasteiger partial charge is 0.226 e. The maximum atomic E-state index is 12.2. The van der Waals surface area contributed by atoms with Crippen molar-refractivity contribution in [2.45, 2.75) is 20.3 Å². The molecule has 0 aliphatic rings. The lowest BCUT2D eigenvalue weighted by atomic mass is 10.2. The van der Waals surface area contributed by atoms with Crippen LogP contribution in [0.1, 0.15) is 25.8 Å². The van der Waals surface area contributed by atoms with Crippen LogP contribution >= 0.6 is 0 Å². The number of amides is 3. The van der Waals surface area contributed by atoms with Crippen molar-refractivity contribution in [2.24, 2.45) is 0 Å². The molecule has 0 unspecified atom stereocenters. The zero-order chi connectivity index (χ0) is 19.8. The van der Waals surface area contributed by atoms with Gasteiger partial charge in [-0.25, -0.2) is 0 Å². The molecule has 2 N–H and O–H groups in total. The molecule has 0 radical (unpaired) electrons. The van der Waals surface area contributed by atoms with Crippen molar-refractivity contribution >= 4 is 34.8 Å². The van der Waals surface area contributed by atoms with Gasteiger partial charge in [-0.2, -0.15) is 5.26 Å². The number of nitrogens with zero attached hydrogens (tertiary/aromatic N) is 2. The molecule has 0 bridgehead atoms. The molecule has 7 heteroatoms. The Kier molecular flexibility index (Phi) is 6.67. The van der Waals surface area contributed by atoms with Gasteiger partial charge in [0.1, 0.15) is 0 Å². The van der Waals surface area contributed by atoms with E-state index in [0.717, 1.165) is 0 Å². The average molecular weight is 364 g/mol. The summed E-state index contributed by atoms with van der Waals surface area (Å²) in [5.41, 5.74) is 2.38. The van der Waals surface area contributed by atoms with E-state index in [-0.39, 0.29) is 30.7 Å². The third-order valence-corrected chi connectivity index (χ3v) is 3.74. The van der Waals surface area contributed by atoms with E-state index in [2.05, 4.69) is 10.6 Å². The zero-order valence-electron chi connectivity index (χ0n) is 15.2. The van der Waals surface area contributed by atoms with E-state index in [4.69, 9.17) is 5.26 Å². The van der Waals surface area contributed by atoms with Crippen molar-refractivity contribution in [3.05, 3.63) is 54.1 Å². The first-order chi connectivity index (χ1) is 12.9. The number of carbonyl (C=O) groups excluding carboxylic acids is 3. The van der Waals surface area contributed by atoms with E-state index in [1.807, 2.05) is 6.07 Å². The molecule has 0 spiro atoms. The number of benzene rings is 2. The highest BCUT2D eigenvalue weighted by Gasteiger charge is 2.13. The van der Waals surface area contributed by atoms with Crippen molar-refractivity contribution < 1.29 is 14.4 Å². The molecule has 27 heavy (non-hydrogen) atoms. The quantitative estimate of drug-likeness (QED) is 0.822. The highest BCUT2D eigenvalue weighted by Crippen LogP contribution is 2.17. The highest BCUT2D eigenvalue weighted by atomic mass is 16.2. The van der Waals surface area contributed by atoms with Gasteiger partial charge in [0.25, 0.3) is 0 Å². The van der Waals surface area contributed by atoms with Gasteiger partial charge in [0.15, 0.2) is 0 Å². The maximum absolute atomic E-state index is 12.2. The molecule has 2 rings (SSSR count). The molecule has 0 saturated carbocycles. The average Bonchev–Trinajstić information content (AvgIpc) is 2.63. The number of carbonyl (C=O) groups is 3. The number of anilines is 3. The molecule has 0 aromatic heterocycles. The summed E-state index contributed by atoms with van der Waals surface area (Å²) >= 11 is 0. The van der Waals surface area contributed by atoms with Gasteiger partial charge >= 0.3 is 0 Å². The topological polar surface area (TPSA) is 102 Å². The molecule has 3 amide bonds. The highest BCUT2D eigenvalue weighted by molar-refractivity contribution is 5.95. The Balaban J connectivity index is 1.94. The lowest BCUT2D eigenvalue weighted by Crippen LogP contribution is -2.31. The monoisotopic (exact) mass is 364 g/mol. The number of nitrogens with one attached hydrogen (secondary N) is 2. The van der Waals surface area contributed by atoms with Crippen LogP contribution in [0, 0.1) is 11.3 Å². The van der Waals surface area contributed by atoms with E-state index >= 15 is 0 Å². The molecule has 0 heterocycles. The van der Waals surface area contributed by atoms with Crippen LogP contribution in [0.4, 0.5) is 17.1 Å². The summed E-state index contributed by atoms with van der Waals surface area (Å²) in [6.07, 6.45) is 0.118. The minimum Gasteiger partial charge on any atom is -0.326 e. The molecule has 0 aliphatic heterocycles. The molecule has 138 valence electrons. The summed E-state index contributed by atoms with van der Waals surface area (Å²) in [6, 6.07) is 15.4. The number of nitriles is 1. The lowest BCUT2D eigenvalue weighted by molar-refractivity contribution is -0.117. The molecule has 2 aromatic rings. The Labute approximate surface area is 157 Å². The van der Waals surface area contributed by atoms with E-state index < -0.39 is 0 Å². The Bertz CT molecular complexity index is 868. The zero-order valence-corrected chi connectivity index (χ0v) is 15.2. The van der Waals surface area contributed by atoms with Crippen molar-refractivity contribution in [2.75, 3.05) is 22.1 Å². The van der Waals surface area contributed by atoms with Gasteiger partial charge in [0, 0.05) is 43.9 Å². The first kappa shape index (κ1) is 19.7. The van der Waals surface area contributed by atoms with Crippen LogP contribution in [0.2, 0.25) is 0 Å². The first-order valence-electron chi connectivity index (χ1n) is 8.35. The Morgan fingerprint density at radius 2 is 1.48 bits per heavy atom. The molecule has 0 atom stereocenters. The Morgan fingerprint density at radius 1 is 0.926 bits per heavy atom. The van der Waals surface area contributed by atoms with E-state index in [0.29, 0.717) is 22.6 Å². The molecule has 7 nitrogen and oxygen atoms in total. The van der Waals surface area contributed by atoms with Crippen LogP contribution in [0.3, 0.4) is 0 Å². The fourth-order valence-electron chi connectivity index (χ4n) is 2.46. The summed E-state index contributed by atoms with van der Waals surface area (Å²) in [5.74, 6) is -0.590. The van der Waals surface area contributed by atoms with Crippen LogP contribution in [-0.2, 0) is 14.4 Å². The van der Waals surface area contributed by atoms with Gasteiger partial charge in [-0.1, -0.05) is 0 Å². The summed E-state index contributed by atoms with van der Waals surface area (Å²) in [4.78, 5) is 36.6. The summed E-state index contributed by atoms with van der Waals surface area (Å²) in [5, 5.41) is 14.3. The van der Waals surface area contributed by atoms with Crippen molar-refractivity contribution in [3.63, 3.8) is 0 Å². The van der Waals surface area contributed by atoms with Crippen LogP contribution in [-0.4, -0.2) is 24.3 Å². The summed E-state index contributed by atoms with van der Waals surface area (Å²) in [7, 11) is 0. The second-order valence-corrected chi connectivity index (χ2v) is 5.89. The van der Waals surface area contributed by atoms with Crippen molar-refractivity contribution in [1.82, 2.24) is 0 Å². The fraction of sp³-hybridized carbons (Fsp3) is 0.200. The number of rotatable bonds is 6. The Hall–Kier alpha value is -3.66. The minimum atomic E-state index is -0.234. The Morgan fingerprint density at radius 3 is 1.96 bits per heavy atom. The van der Waals surface area contributed by atoms with E-state index in [1.54, 1.807) is 48.5 Å². The first-order valence-corrected chi connectivity index (χ1v) is 8.35. The predicted molar refractivity (Wildman–Crippen MR) is 103 cm³/mol. The van der Waals surface area contributed by atoms with Crippen molar-refractivity contribution in [1.29, 1.82) is 5.26 Å². The number of hydrogen-bond acceptors (Lipinski definition) is 4. The van der Waals surface area contributed by atoms with Gasteiger partial charge in [-0.3, -0.25) is 14.4 Å². The molecular weight excluding hydrogens is 344 g/mol. The van der Waals surface area contributed by atoms with E-state index in [1.165, 1.54) is 18.7 Å². The molecule has 2 aromatic carbocycles. The maximum Gasteiger partial charge on any atom is 0.226 e. The van der Waals surface area contributed by atoms with Gasteiger partial charge < -0.3 is 15.5 Å². The fourth-order valence-corrected chi connectivity index (χ4v) is 2.46. The van der Waals surface area contributed by atoms with Gasteiger partial charge in [-0.05, 0) is 48.5 Å². The van der Waals surface area contributed by atoms with Crippen LogP contribution in [0.25, 0.3) is 0 Å². The third kappa shape index (κ3) is 5.97. The standard InChI is InChI=1S/C20H20N4O3/c1-14(25)22-17-5-7-18(8-6-17)23-20(27)11-12-24(15(2)26)19-9-3-16(13-21)4-10-19/h3-10H,11-12H2,1-2H3,(H,22,25)(H,23,27). The van der Waals surface area contributed by atoms with Crippen molar-refractivity contribution in [3.8, 4) is 6.07 Å². The molecular formula is C20H20N4O3. The summed E-state index contributed by atoms with van der Waals surface area (Å²) < 4.78 is 0. The largest absolute Gasteiger partial charge is 0.326 e. The lowest BCUT2D eigenvalue weighted by Gasteiger charge is -2.21. The van der Waals surface area contributed by atoms with Gasteiger partial charge in [0.2, 0.25) is 17.7 Å². The molecule has 0 fully saturated rings.